The smallest absolute Gasteiger partial charge is 0.254 e. The average Bonchev–Trinajstić information content (AvgIpc) is 2.93. The Morgan fingerprint density at radius 2 is 1.79 bits per heavy atom. The van der Waals surface area contributed by atoms with Gasteiger partial charge < -0.3 is 10.6 Å². The second-order valence-corrected chi connectivity index (χ2v) is 5.41. The van der Waals surface area contributed by atoms with E-state index in [0.717, 1.165) is 24.9 Å². The summed E-state index contributed by atoms with van der Waals surface area (Å²) in [4.78, 5) is 14.9. The lowest BCUT2D eigenvalue weighted by atomic mass is 10.1. The first kappa shape index (κ1) is 14.0. The van der Waals surface area contributed by atoms with E-state index < -0.39 is 0 Å². The van der Waals surface area contributed by atoms with Gasteiger partial charge in [-0.15, -0.1) is 0 Å². The number of nitrogens with two attached hydrogens (primary N) is 1. The fourth-order valence-corrected chi connectivity index (χ4v) is 2.86. The van der Waals surface area contributed by atoms with Crippen LogP contribution in [0.25, 0.3) is 0 Å². The van der Waals surface area contributed by atoms with Crippen LogP contribution in [-0.4, -0.2) is 28.4 Å². The molecule has 19 heavy (non-hydrogen) atoms. The zero-order valence-corrected chi connectivity index (χ0v) is 12.1. The molecule has 1 amide bonds. The fraction of sp³-hybridized carbons (Fsp3) is 0.467. The Labute approximate surface area is 119 Å². The van der Waals surface area contributed by atoms with Gasteiger partial charge in [-0.1, -0.05) is 37.2 Å². The van der Waals surface area contributed by atoms with Crippen LogP contribution >= 0.6 is 12.2 Å². The van der Waals surface area contributed by atoms with E-state index in [1.54, 1.807) is 0 Å². The summed E-state index contributed by atoms with van der Waals surface area (Å²) in [6.45, 7) is 2.81. The molecule has 1 aliphatic carbocycles. The maximum Gasteiger partial charge on any atom is 0.254 e. The lowest BCUT2D eigenvalue weighted by molar-refractivity contribution is 0.0693. The summed E-state index contributed by atoms with van der Waals surface area (Å²) in [5, 5.41) is 0. The second kappa shape index (κ2) is 6.15. The molecule has 0 radical (unpaired) electrons. The molecule has 3 nitrogen and oxygen atoms in total. The summed E-state index contributed by atoms with van der Waals surface area (Å²) in [6.07, 6.45) is 4.72. The minimum atomic E-state index is 0.115. The number of hydrogen-bond acceptors (Lipinski definition) is 2. The largest absolute Gasteiger partial charge is 0.389 e. The molecule has 1 aromatic rings. The van der Waals surface area contributed by atoms with Crippen LogP contribution in [0.3, 0.4) is 0 Å². The number of carbonyl (C=O) groups excluding carboxylic acids is 1. The van der Waals surface area contributed by atoms with Gasteiger partial charge in [0.2, 0.25) is 0 Å². The monoisotopic (exact) mass is 276 g/mol. The molecular formula is C15H20N2OS. The Bertz CT molecular complexity index is 464. The number of hydrogen-bond donors (Lipinski definition) is 1. The van der Waals surface area contributed by atoms with E-state index in [2.05, 4.69) is 0 Å². The number of amides is 1. The molecule has 0 bridgehead atoms. The molecule has 0 aromatic heterocycles. The van der Waals surface area contributed by atoms with Crippen molar-refractivity contribution in [3.8, 4) is 0 Å². The van der Waals surface area contributed by atoms with Crippen molar-refractivity contribution in [1.29, 1.82) is 0 Å². The lowest BCUT2D eigenvalue weighted by Crippen LogP contribution is -2.38. The number of nitrogens with zero attached hydrogens (tertiary/aromatic N) is 1. The Morgan fingerprint density at radius 1 is 1.26 bits per heavy atom. The highest BCUT2D eigenvalue weighted by Gasteiger charge is 2.25. The molecule has 1 aromatic carbocycles. The van der Waals surface area contributed by atoms with Crippen molar-refractivity contribution in [2.45, 2.75) is 38.6 Å². The molecule has 0 heterocycles. The van der Waals surface area contributed by atoms with Gasteiger partial charge in [-0.25, -0.2) is 0 Å². The highest BCUT2D eigenvalue weighted by molar-refractivity contribution is 7.80. The van der Waals surface area contributed by atoms with Crippen LogP contribution in [0.5, 0.6) is 0 Å². The van der Waals surface area contributed by atoms with Crippen molar-refractivity contribution < 1.29 is 4.79 Å². The van der Waals surface area contributed by atoms with Crippen LogP contribution in [0.1, 0.15) is 48.5 Å². The molecule has 1 saturated carbocycles. The van der Waals surface area contributed by atoms with Crippen LogP contribution < -0.4 is 5.73 Å². The third kappa shape index (κ3) is 3.13. The van der Waals surface area contributed by atoms with E-state index in [0.29, 0.717) is 16.6 Å². The molecule has 2 rings (SSSR count). The maximum atomic E-state index is 12.5. The highest BCUT2D eigenvalue weighted by Crippen LogP contribution is 2.24. The standard InChI is InChI=1S/C15H20N2OS/c1-2-17(13-5-3-4-6-13)15(18)12-9-7-11(8-10-12)14(16)19/h7-10,13H,2-6H2,1H3,(H2,16,19). The molecule has 0 aliphatic heterocycles. The molecule has 4 heteroatoms. The number of rotatable bonds is 4. The number of carbonyl (C=O) groups is 1. The quantitative estimate of drug-likeness (QED) is 0.860. The van der Waals surface area contributed by atoms with Gasteiger partial charge in [0.15, 0.2) is 0 Å². The van der Waals surface area contributed by atoms with Gasteiger partial charge >= 0.3 is 0 Å². The van der Waals surface area contributed by atoms with Crippen LogP contribution in [0.4, 0.5) is 0 Å². The van der Waals surface area contributed by atoms with Gasteiger partial charge in [0, 0.05) is 23.7 Å². The van der Waals surface area contributed by atoms with E-state index in [1.165, 1.54) is 12.8 Å². The zero-order chi connectivity index (χ0) is 13.8. The third-order valence-electron chi connectivity index (χ3n) is 3.78. The van der Waals surface area contributed by atoms with Crippen LogP contribution in [0.15, 0.2) is 24.3 Å². The molecular weight excluding hydrogens is 256 g/mol. The van der Waals surface area contributed by atoms with E-state index in [-0.39, 0.29) is 5.91 Å². The Balaban J connectivity index is 2.14. The van der Waals surface area contributed by atoms with Crippen molar-refractivity contribution in [3.05, 3.63) is 35.4 Å². The van der Waals surface area contributed by atoms with Crippen LogP contribution in [-0.2, 0) is 0 Å². The Morgan fingerprint density at radius 3 is 2.26 bits per heavy atom. The first-order valence-electron chi connectivity index (χ1n) is 6.84. The van der Waals surface area contributed by atoms with Crippen molar-refractivity contribution >= 4 is 23.1 Å². The summed E-state index contributed by atoms with van der Waals surface area (Å²) in [5.41, 5.74) is 7.08. The average molecular weight is 276 g/mol. The van der Waals surface area contributed by atoms with Crippen molar-refractivity contribution in [2.24, 2.45) is 5.73 Å². The topological polar surface area (TPSA) is 46.3 Å². The van der Waals surface area contributed by atoms with E-state index in [9.17, 15) is 4.79 Å². The van der Waals surface area contributed by atoms with Gasteiger partial charge in [0.1, 0.15) is 4.99 Å². The van der Waals surface area contributed by atoms with Gasteiger partial charge in [0.25, 0.3) is 5.91 Å². The first-order chi connectivity index (χ1) is 9.13. The zero-order valence-electron chi connectivity index (χ0n) is 11.3. The highest BCUT2D eigenvalue weighted by atomic mass is 32.1. The third-order valence-corrected chi connectivity index (χ3v) is 4.02. The molecule has 0 unspecified atom stereocenters. The maximum absolute atomic E-state index is 12.5. The van der Waals surface area contributed by atoms with E-state index in [1.807, 2.05) is 36.1 Å². The number of thiocarbonyl (C=S) groups is 1. The van der Waals surface area contributed by atoms with Crippen LogP contribution in [0.2, 0.25) is 0 Å². The van der Waals surface area contributed by atoms with E-state index >= 15 is 0 Å². The van der Waals surface area contributed by atoms with Crippen molar-refractivity contribution in [2.75, 3.05) is 6.54 Å². The van der Waals surface area contributed by atoms with Crippen LogP contribution in [0, 0.1) is 0 Å². The number of benzene rings is 1. The normalized spacial score (nSPS) is 15.4. The summed E-state index contributed by atoms with van der Waals surface area (Å²) >= 11 is 4.92. The SMILES string of the molecule is CCN(C(=O)c1ccc(C(N)=S)cc1)C1CCCC1. The molecule has 0 saturated heterocycles. The molecule has 102 valence electrons. The lowest BCUT2D eigenvalue weighted by Gasteiger charge is -2.27. The predicted octanol–water partition coefficient (Wildman–Crippen LogP) is 2.73. The summed E-state index contributed by atoms with van der Waals surface area (Å²) < 4.78 is 0. The van der Waals surface area contributed by atoms with Crippen molar-refractivity contribution in [3.63, 3.8) is 0 Å². The Hall–Kier alpha value is -1.42. The summed E-state index contributed by atoms with van der Waals surface area (Å²) in [6, 6.07) is 7.67. The summed E-state index contributed by atoms with van der Waals surface area (Å²) in [7, 11) is 0. The van der Waals surface area contributed by atoms with Gasteiger partial charge in [0.05, 0.1) is 0 Å². The second-order valence-electron chi connectivity index (χ2n) is 4.97. The molecule has 1 fully saturated rings. The Kier molecular flexibility index (Phi) is 4.53. The van der Waals surface area contributed by atoms with E-state index in [4.69, 9.17) is 18.0 Å². The summed E-state index contributed by atoms with van der Waals surface area (Å²) in [5.74, 6) is 0.115. The molecule has 1 aliphatic rings. The first-order valence-corrected chi connectivity index (χ1v) is 7.25. The minimum Gasteiger partial charge on any atom is -0.389 e. The van der Waals surface area contributed by atoms with Crippen molar-refractivity contribution in [1.82, 2.24) is 4.90 Å². The molecule has 0 spiro atoms. The van der Waals surface area contributed by atoms with Gasteiger partial charge in [-0.3, -0.25) is 4.79 Å². The molecule has 2 N–H and O–H groups in total. The fourth-order valence-electron chi connectivity index (χ4n) is 2.73. The minimum absolute atomic E-state index is 0.115. The van der Waals surface area contributed by atoms with Gasteiger partial charge in [-0.05, 0) is 31.9 Å². The van der Waals surface area contributed by atoms with Gasteiger partial charge in [-0.2, -0.15) is 0 Å². The molecule has 0 atom stereocenters. The predicted molar refractivity (Wildman–Crippen MR) is 81.3 cm³/mol.